The van der Waals surface area contributed by atoms with Crippen molar-refractivity contribution in [2.24, 2.45) is 0 Å². The highest BCUT2D eigenvalue weighted by Crippen LogP contribution is 2.21. The zero-order chi connectivity index (χ0) is 14.4. The van der Waals surface area contributed by atoms with Crippen LogP contribution in [0.1, 0.15) is 12.5 Å². The molecule has 0 spiro atoms. The molecule has 0 heterocycles. The Bertz CT molecular complexity index is 566. The largest absolute Gasteiger partial charge is 0.489 e. The van der Waals surface area contributed by atoms with E-state index in [0.29, 0.717) is 18.1 Å². The second kappa shape index (κ2) is 6.61. The number of benzene rings is 2. The first-order valence-electron chi connectivity index (χ1n) is 6.31. The molecule has 0 saturated carbocycles. The first kappa shape index (κ1) is 13.9. The number of rotatable bonds is 6. The molecule has 0 aliphatic heterocycles. The molecule has 4 heteroatoms. The van der Waals surface area contributed by atoms with Crippen LogP contribution >= 0.6 is 0 Å². The van der Waals surface area contributed by atoms with E-state index in [-0.39, 0.29) is 0 Å². The van der Waals surface area contributed by atoms with Gasteiger partial charge in [0.05, 0.1) is 0 Å². The van der Waals surface area contributed by atoms with E-state index >= 15 is 0 Å². The van der Waals surface area contributed by atoms with Gasteiger partial charge in [-0.25, -0.2) is 4.79 Å². The molecular formula is C16H16O4. The topological polar surface area (TPSA) is 55.8 Å². The monoisotopic (exact) mass is 272 g/mol. The fourth-order valence-corrected chi connectivity index (χ4v) is 1.63. The molecular weight excluding hydrogens is 256 g/mol. The van der Waals surface area contributed by atoms with E-state index < -0.39 is 12.1 Å². The van der Waals surface area contributed by atoms with E-state index in [2.05, 4.69) is 0 Å². The summed E-state index contributed by atoms with van der Waals surface area (Å²) < 4.78 is 10.9. The molecule has 4 nitrogen and oxygen atoms in total. The van der Waals surface area contributed by atoms with Gasteiger partial charge in [-0.15, -0.1) is 0 Å². The summed E-state index contributed by atoms with van der Waals surface area (Å²) in [5.41, 5.74) is 1.07. The maximum Gasteiger partial charge on any atom is 0.344 e. The SMILES string of the molecule is CC(Oc1cccc(OCc2ccccc2)c1)C(=O)O. The molecule has 20 heavy (non-hydrogen) atoms. The van der Waals surface area contributed by atoms with Crippen molar-refractivity contribution in [3.05, 3.63) is 60.2 Å². The quantitative estimate of drug-likeness (QED) is 0.877. The number of carboxylic acid groups (broad SMARTS) is 1. The minimum Gasteiger partial charge on any atom is -0.489 e. The molecule has 0 amide bonds. The third-order valence-corrected chi connectivity index (χ3v) is 2.71. The zero-order valence-corrected chi connectivity index (χ0v) is 11.2. The van der Waals surface area contributed by atoms with Crippen molar-refractivity contribution in [1.29, 1.82) is 0 Å². The molecule has 0 aromatic heterocycles. The summed E-state index contributed by atoms with van der Waals surface area (Å²) in [5, 5.41) is 8.81. The highest BCUT2D eigenvalue weighted by Gasteiger charge is 2.12. The molecule has 1 N–H and O–H groups in total. The third-order valence-electron chi connectivity index (χ3n) is 2.71. The summed E-state index contributed by atoms with van der Waals surface area (Å²) in [4.78, 5) is 10.7. The lowest BCUT2D eigenvalue weighted by atomic mass is 10.2. The minimum absolute atomic E-state index is 0.457. The highest BCUT2D eigenvalue weighted by atomic mass is 16.5. The number of carboxylic acids is 1. The lowest BCUT2D eigenvalue weighted by Gasteiger charge is -2.12. The van der Waals surface area contributed by atoms with Crippen LogP contribution in [0, 0.1) is 0 Å². The number of ether oxygens (including phenoxy) is 2. The van der Waals surface area contributed by atoms with Crippen LogP contribution in [0.3, 0.4) is 0 Å². The van der Waals surface area contributed by atoms with Crippen molar-refractivity contribution in [2.45, 2.75) is 19.6 Å². The summed E-state index contributed by atoms with van der Waals surface area (Å²) in [5.74, 6) is 0.120. The van der Waals surface area contributed by atoms with Crippen molar-refractivity contribution >= 4 is 5.97 Å². The van der Waals surface area contributed by atoms with Crippen LogP contribution in [-0.2, 0) is 11.4 Å². The first-order chi connectivity index (χ1) is 9.65. The smallest absolute Gasteiger partial charge is 0.344 e. The second-order valence-electron chi connectivity index (χ2n) is 4.35. The second-order valence-corrected chi connectivity index (χ2v) is 4.35. The summed E-state index contributed by atoms with van der Waals surface area (Å²) in [6.45, 7) is 1.94. The number of aliphatic carboxylic acids is 1. The molecule has 2 aromatic rings. The molecule has 0 bridgehead atoms. The van der Waals surface area contributed by atoms with Crippen LogP contribution in [0.4, 0.5) is 0 Å². The van der Waals surface area contributed by atoms with Gasteiger partial charge in [0, 0.05) is 6.07 Å². The fourth-order valence-electron chi connectivity index (χ4n) is 1.63. The maximum absolute atomic E-state index is 10.7. The Kier molecular flexibility index (Phi) is 4.60. The molecule has 0 aliphatic carbocycles. The lowest BCUT2D eigenvalue weighted by Crippen LogP contribution is -2.22. The predicted molar refractivity (Wildman–Crippen MR) is 74.9 cm³/mol. The van der Waals surface area contributed by atoms with Gasteiger partial charge < -0.3 is 14.6 Å². The third kappa shape index (κ3) is 4.02. The van der Waals surface area contributed by atoms with Gasteiger partial charge in [-0.05, 0) is 24.6 Å². The van der Waals surface area contributed by atoms with Crippen LogP contribution in [0.5, 0.6) is 11.5 Å². The van der Waals surface area contributed by atoms with Crippen molar-refractivity contribution in [3.63, 3.8) is 0 Å². The molecule has 1 atom stereocenters. The van der Waals surface area contributed by atoms with E-state index in [0.717, 1.165) is 5.56 Å². The maximum atomic E-state index is 10.7. The van der Waals surface area contributed by atoms with Crippen molar-refractivity contribution < 1.29 is 19.4 Å². The lowest BCUT2D eigenvalue weighted by molar-refractivity contribution is -0.144. The van der Waals surface area contributed by atoms with Gasteiger partial charge in [0.1, 0.15) is 18.1 Å². The van der Waals surface area contributed by atoms with Gasteiger partial charge in [0.2, 0.25) is 0 Å². The zero-order valence-electron chi connectivity index (χ0n) is 11.2. The number of hydrogen-bond acceptors (Lipinski definition) is 3. The highest BCUT2D eigenvalue weighted by molar-refractivity contribution is 5.72. The molecule has 0 saturated heterocycles. The van der Waals surface area contributed by atoms with Crippen molar-refractivity contribution in [2.75, 3.05) is 0 Å². The van der Waals surface area contributed by atoms with Crippen molar-refractivity contribution in [3.8, 4) is 11.5 Å². The van der Waals surface area contributed by atoms with Gasteiger partial charge >= 0.3 is 5.97 Å². The molecule has 104 valence electrons. The summed E-state index contributed by atoms with van der Waals surface area (Å²) >= 11 is 0. The average molecular weight is 272 g/mol. The molecule has 0 aliphatic rings. The van der Waals surface area contributed by atoms with E-state index in [1.807, 2.05) is 30.3 Å². The standard InChI is InChI=1S/C16H16O4/c1-12(16(17)18)20-15-9-5-8-14(10-15)19-11-13-6-3-2-4-7-13/h2-10,12H,11H2,1H3,(H,17,18). The van der Waals surface area contributed by atoms with Crippen molar-refractivity contribution in [1.82, 2.24) is 0 Å². The van der Waals surface area contributed by atoms with Crippen LogP contribution in [0.25, 0.3) is 0 Å². The Labute approximate surface area is 117 Å². The summed E-state index contributed by atoms with van der Waals surface area (Å²) in [6, 6.07) is 16.8. The summed E-state index contributed by atoms with van der Waals surface area (Å²) in [7, 11) is 0. The minimum atomic E-state index is -0.999. The molecule has 0 radical (unpaired) electrons. The number of carbonyl (C=O) groups is 1. The number of hydrogen-bond donors (Lipinski definition) is 1. The predicted octanol–water partition coefficient (Wildman–Crippen LogP) is 3.12. The Hall–Kier alpha value is -2.49. The van der Waals surface area contributed by atoms with Gasteiger partial charge in [0.15, 0.2) is 6.10 Å². The van der Waals surface area contributed by atoms with Gasteiger partial charge in [-0.3, -0.25) is 0 Å². The molecule has 0 fully saturated rings. The average Bonchev–Trinajstić information content (AvgIpc) is 2.46. The Morgan fingerprint density at radius 1 is 1.10 bits per heavy atom. The normalized spacial score (nSPS) is 11.7. The Morgan fingerprint density at radius 3 is 2.50 bits per heavy atom. The van der Waals surface area contributed by atoms with Crippen LogP contribution in [0.15, 0.2) is 54.6 Å². The summed E-state index contributed by atoms with van der Waals surface area (Å²) in [6.07, 6.45) is -0.889. The Morgan fingerprint density at radius 2 is 1.80 bits per heavy atom. The van der Waals surface area contributed by atoms with Gasteiger partial charge in [0.25, 0.3) is 0 Å². The molecule has 2 aromatic carbocycles. The van der Waals surface area contributed by atoms with E-state index in [1.165, 1.54) is 6.92 Å². The molecule has 1 unspecified atom stereocenters. The Balaban J connectivity index is 1.97. The molecule has 2 rings (SSSR count). The fraction of sp³-hybridized carbons (Fsp3) is 0.188. The first-order valence-corrected chi connectivity index (χ1v) is 6.31. The van der Waals surface area contributed by atoms with E-state index in [4.69, 9.17) is 14.6 Å². The van der Waals surface area contributed by atoms with Gasteiger partial charge in [-0.1, -0.05) is 36.4 Å². The van der Waals surface area contributed by atoms with Crippen LogP contribution in [-0.4, -0.2) is 17.2 Å². The van der Waals surface area contributed by atoms with E-state index in [1.54, 1.807) is 24.3 Å². The van der Waals surface area contributed by atoms with Gasteiger partial charge in [-0.2, -0.15) is 0 Å². The van der Waals surface area contributed by atoms with Crippen LogP contribution in [0.2, 0.25) is 0 Å². The van der Waals surface area contributed by atoms with E-state index in [9.17, 15) is 4.79 Å². The van der Waals surface area contributed by atoms with Crippen LogP contribution < -0.4 is 9.47 Å².